The predicted molar refractivity (Wildman–Crippen MR) is 129 cm³/mol. The number of carbonyl (C=O) groups is 1. The zero-order chi connectivity index (χ0) is 24.3. The molecule has 0 unspecified atom stereocenters. The molecule has 0 aromatic carbocycles. The third-order valence-electron chi connectivity index (χ3n) is 6.10. The van der Waals surface area contributed by atoms with Gasteiger partial charge in [0, 0.05) is 43.5 Å². The Kier molecular flexibility index (Phi) is 7.03. The van der Waals surface area contributed by atoms with Gasteiger partial charge in [0.15, 0.2) is 6.29 Å². The van der Waals surface area contributed by atoms with Crippen molar-refractivity contribution in [2.24, 2.45) is 0 Å². The van der Waals surface area contributed by atoms with Crippen LogP contribution in [0, 0.1) is 0 Å². The Morgan fingerprint density at radius 2 is 1.79 bits per heavy atom. The molecule has 3 aromatic heterocycles. The fourth-order valence-electron chi connectivity index (χ4n) is 4.09. The zero-order valence-electron chi connectivity index (χ0n) is 19.4. The van der Waals surface area contributed by atoms with Crippen LogP contribution in [0.4, 0.5) is 5.69 Å². The number of carbonyl (C=O) groups excluding carboxylic acids is 1. The van der Waals surface area contributed by atoms with Crippen LogP contribution in [0.5, 0.6) is 0 Å². The Morgan fingerprint density at radius 1 is 1.09 bits per heavy atom. The van der Waals surface area contributed by atoms with Gasteiger partial charge in [0.05, 0.1) is 22.9 Å². The highest BCUT2D eigenvalue weighted by Gasteiger charge is 2.37. The molecule has 0 bridgehead atoms. The Balaban J connectivity index is 0.000000868. The standard InChI is InChI=1S/C22H23N5O4.C2H7N/c28-13-16-3-4-17(12-23-16)26-5-7-27(8-6-26)22(30,31)15-9-20-19(24-11-15)10-18(14-1-2-14)21(29)25-20;1-3-2/h3-4,9-14,30-31H,1-2,5-8H2,(H,25,29);3H,1-2H3. The van der Waals surface area contributed by atoms with Crippen molar-refractivity contribution >= 4 is 23.0 Å². The maximum Gasteiger partial charge on any atom is 0.255 e. The largest absolute Gasteiger partial charge is 0.368 e. The highest BCUT2D eigenvalue weighted by Crippen LogP contribution is 2.38. The van der Waals surface area contributed by atoms with E-state index in [1.165, 1.54) is 6.20 Å². The summed E-state index contributed by atoms with van der Waals surface area (Å²) in [6.45, 7) is 1.93. The summed E-state index contributed by atoms with van der Waals surface area (Å²) < 4.78 is 0. The van der Waals surface area contributed by atoms with Crippen LogP contribution >= 0.6 is 0 Å². The van der Waals surface area contributed by atoms with E-state index in [9.17, 15) is 19.8 Å². The number of piperazine rings is 1. The van der Waals surface area contributed by atoms with Crippen molar-refractivity contribution in [1.82, 2.24) is 25.2 Å². The second-order valence-corrected chi connectivity index (χ2v) is 8.65. The lowest BCUT2D eigenvalue weighted by Crippen LogP contribution is -2.55. The van der Waals surface area contributed by atoms with E-state index in [4.69, 9.17) is 0 Å². The van der Waals surface area contributed by atoms with Crippen molar-refractivity contribution in [3.8, 4) is 0 Å². The fourth-order valence-corrected chi connectivity index (χ4v) is 4.09. The Hall–Kier alpha value is -3.18. The van der Waals surface area contributed by atoms with Crippen molar-refractivity contribution < 1.29 is 15.0 Å². The van der Waals surface area contributed by atoms with E-state index in [1.54, 1.807) is 29.3 Å². The number of aromatic amines is 1. The van der Waals surface area contributed by atoms with Gasteiger partial charge >= 0.3 is 0 Å². The first-order valence-electron chi connectivity index (χ1n) is 11.3. The molecule has 2 fully saturated rings. The minimum atomic E-state index is -2.21. The summed E-state index contributed by atoms with van der Waals surface area (Å²) in [5.74, 6) is -1.90. The van der Waals surface area contributed by atoms with Crippen molar-refractivity contribution in [2.75, 3.05) is 45.2 Å². The van der Waals surface area contributed by atoms with Gasteiger partial charge in [-0.15, -0.1) is 0 Å². The topological polar surface area (TPSA) is 135 Å². The number of rotatable bonds is 5. The molecule has 4 N–H and O–H groups in total. The number of H-pyrrole nitrogens is 1. The number of aromatic nitrogens is 3. The molecule has 10 nitrogen and oxygen atoms in total. The van der Waals surface area contributed by atoms with Crippen molar-refractivity contribution in [3.63, 3.8) is 0 Å². The lowest BCUT2D eigenvalue weighted by Gasteiger charge is -2.42. The maximum atomic E-state index is 12.3. The van der Waals surface area contributed by atoms with Gasteiger partial charge in [-0.05, 0) is 57.1 Å². The van der Waals surface area contributed by atoms with Gasteiger partial charge in [-0.2, -0.15) is 0 Å². The van der Waals surface area contributed by atoms with Crippen molar-refractivity contribution in [3.05, 3.63) is 63.8 Å². The number of aldehydes is 1. The number of pyridine rings is 3. The fraction of sp³-hybridized carbons (Fsp3) is 0.417. The molecule has 2 aliphatic rings. The highest BCUT2D eigenvalue weighted by atomic mass is 16.5. The van der Waals surface area contributed by atoms with Gasteiger partial charge in [0.2, 0.25) is 0 Å². The quantitative estimate of drug-likeness (QED) is 0.317. The molecule has 0 radical (unpaired) electrons. The average molecular weight is 467 g/mol. The molecule has 34 heavy (non-hydrogen) atoms. The van der Waals surface area contributed by atoms with Gasteiger partial charge in [-0.3, -0.25) is 19.6 Å². The van der Waals surface area contributed by atoms with Gasteiger partial charge in [0.25, 0.3) is 11.5 Å². The van der Waals surface area contributed by atoms with E-state index >= 15 is 0 Å². The molecule has 1 saturated heterocycles. The molecule has 0 atom stereocenters. The summed E-state index contributed by atoms with van der Waals surface area (Å²) in [5, 5.41) is 24.5. The summed E-state index contributed by atoms with van der Waals surface area (Å²) in [4.78, 5) is 38.0. The van der Waals surface area contributed by atoms with E-state index in [0.717, 1.165) is 24.1 Å². The first kappa shape index (κ1) is 24.0. The van der Waals surface area contributed by atoms with Gasteiger partial charge in [-0.25, -0.2) is 4.90 Å². The summed E-state index contributed by atoms with van der Waals surface area (Å²) in [6, 6.07) is 6.87. The molecule has 1 saturated carbocycles. The summed E-state index contributed by atoms with van der Waals surface area (Å²) in [7, 11) is 3.75. The molecule has 10 heteroatoms. The molecule has 4 heterocycles. The molecule has 3 aromatic rings. The van der Waals surface area contributed by atoms with E-state index in [0.29, 0.717) is 55.1 Å². The number of anilines is 1. The van der Waals surface area contributed by atoms with Crippen LogP contribution in [-0.4, -0.2) is 76.6 Å². The first-order valence-corrected chi connectivity index (χ1v) is 11.3. The molecule has 0 amide bonds. The van der Waals surface area contributed by atoms with Crippen LogP contribution in [-0.2, 0) is 5.91 Å². The molecule has 5 rings (SSSR count). The van der Waals surface area contributed by atoms with E-state index in [2.05, 4.69) is 25.2 Å². The van der Waals surface area contributed by atoms with Crippen LogP contribution in [0.3, 0.4) is 0 Å². The first-order chi connectivity index (χ1) is 16.4. The molecular formula is C24H30N6O4. The van der Waals surface area contributed by atoms with Crippen LogP contribution in [0.1, 0.15) is 40.4 Å². The van der Waals surface area contributed by atoms with Crippen LogP contribution in [0.15, 0.2) is 41.5 Å². The zero-order valence-corrected chi connectivity index (χ0v) is 19.4. The van der Waals surface area contributed by atoms with Gasteiger partial charge in [-0.1, -0.05) is 0 Å². The van der Waals surface area contributed by atoms with Gasteiger partial charge < -0.3 is 25.4 Å². The normalized spacial score (nSPS) is 16.8. The highest BCUT2D eigenvalue weighted by molar-refractivity contribution is 5.75. The Labute approximate surface area is 197 Å². The summed E-state index contributed by atoms with van der Waals surface area (Å²) >= 11 is 0. The smallest absolute Gasteiger partial charge is 0.255 e. The SMILES string of the molecule is CNC.O=Cc1ccc(N2CCN(C(O)(O)c3cnc4cc(C5CC5)c(=O)[nH]c4c3)CC2)cn1. The lowest BCUT2D eigenvalue weighted by atomic mass is 10.1. The summed E-state index contributed by atoms with van der Waals surface area (Å²) in [5.41, 5.74) is 3.19. The third kappa shape index (κ3) is 5.00. The number of hydrogen-bond donors (Lipinski definition) is 4. The monoisotopic (exact) mass is 466 g/mol. The molecular weight excluding hydrogens is 436 g/mol. The average Bonchev–Trinajstić information content (AvgIpc) is 3.69. The number of nitrogens with zero attached hydrogens (tertiary/aromatic N) is 4. The van der Waals surface area contributed by atoms with Crippen molar-refractivity contribution in [1.29, 1.82) is 0 Å². The van der Waals surface area contributed by atoms with E-state index in [1.807, 2.05) is 20.2 Å². The van der Waals surface area contributed by atoms with Crippen LogP contribution in [0.25, 0.3) is 11.0 Å². The minimum absolute atomic E-state index is 0.141. The number of hydrogen-bond acceptors (Lipinski definition) is 9. The second kappa shape index (κ2) is 9.98. The Morgan fingerprint density at radius 3 is 2.38 bits per heavy atom. The predicted octanol–water partition coefficient (Wildman–Crippen LogP) is 0.761. The number of fused-ring (bicyclic) bond motifs is 1. The minimum Gasteiger partial charge on any atom is -0.368 e. The molecule has 0 spiro atoms. The number of nitrogens with one attached hydrogen (secondary N) is 2. The molecule has 1 aliphatic carbocycles. The molecule has 1 aliphatic heterocycles. The van der Waals surface area contributed by atoms with Crippen molar-refractivity contribution in [2.45, 2.75) is 24.7 Å². The number of aliphatic hydroxyl groups is 2. The lowest BCUT2D eigenvalue weighted by molar-refractivity contribution is -0.276. The summed E-state index contributed by atoms with van der Waals surface area (Å²) in [6.07, 6.45) is 5.83. The molecule has 180 valence electrons. The maximum absolute atomic E-state index is 12.3. The Bertz CT molecular complexity index is 1200. The third-order valence-corrected chi connectivity index (χ3v) is 6.10. The van der Waals surface area contributed by atoms with Crippen LogP contribution in [0.2, 0.25) is 0 Å². The van der Waals surface area contributed by atoms with Crippen LogP contribution < -0.4 is 15.8 Å². The van der Waals surface area contributed by atoms with Gasteiger partial charge in [0.1, 0.15) is 5.69 Å². The van der Waals surface area contributed by atoms with E-state index in [-0.39, 0.29) is 11.1 Å². The van der Waals surface area contributed by atoms with E-state index < -0.39 is 5.91 Å². The second-order valence-electron chi connectivity index (χ2n) is 8.65.